The number of hydrogen-bond acceptors (Lipinski definition) is 12. The number of carbonyl (C=O) groups is 1. The number of ether oxygens (including phenoxy) is 2. The second-order valence-corrected chi connectivity index (χ2v) is 23.0. The molecule has 1 saturated carbocycles. The molecule has 448 valence electrons. The van der Waals surface area contributed by atoms with Crippen molar-refractivity contribution in [3.63, 3.8) is 0 Å². The van der Waals surface area contributed by atoms with Crippen LogP contribution in [-0.2, 0) is 14.3 Å². The van der Waals surface area contributed by atoms with E-state index in [0.717, 1.165) is 83.5 Å². The second kappa shape index (κ2) is 63.3. The van der Waals surface area contributed by atoms with Crippen molar-refractivity contribution >= 4 is 5.97 Å². The van der Waals surface area contributed by atoms with E-state index in [1.807, 2.05) is 21.1 Å². The van der Waals surface area contributed by atoms with Crippen LogP contribution in [0.3, 0.4) is 0 Å². The number of methoxy groups -OCH3 is 1. The zero-order valence-corrected chi connectivity index (χ0v) is 54.4. The lowest BCUT2D eigenvalue weighted by Crippen LogP contribution is -2.35. The lowest BCUT2D eigenvalue weighted by molar-refractivity contribution is -0.135. The van der Waals surface area contributed by atoms with Crippen LogP contribution < -0.4 is 21.3 Å². The standard InChI is InChI=1S/C10H21N.C7H16.C6H13N.C6H12.C5H14N2.C5H11NO.C5H13N.C5H12.C4H11NO.C4H9N.C3H7NO2/c1-10(2,3)9-5-7-11(4)8-6-9;1-5-6-7(2,3)4;1-7-5-3-2-4-6-7;1-4-5-6(2)3;1-6-4-5-7(2)3;1-6-2-4-7-5-3-6;1-4-6(3)5-2;1-4-5(2)3;1-5-3-4-6-2;1-5-4-2-3-4;1-4-2-3(5)6/h9H,5-8H2,1-4H3;5-6H2,1-4H3;2-6H2,1H3;2,4-5H2,1,3H3;6H,4-5H2,1-3H3;2-5H2,1H3;4-5H2,1-3H3;5H,4H2,1-3H3;5H,3-4H2,1-2H3;4-5H,2-3H2,1H3;4H,2H2,1H3,(H,5,6). The van der Waals surface area contributed by atoms with E-state index in [-0.39, 0.29) is 6.54 Å². The zero-order valence-electron chi connectivity index (χ0n) is 54.4. The lowest BCUT2D eigenvalue weighted by atomic mass is 9.75. The Morgan fingerprint density at radius 3 is 1.32 bits per heavy atom. The van der Waals surface area contributed by atoms with Gasteiger partial charge in [0, 0.05) is 45.9 Å². The van der Waals surface area contributed by atoms with Crippen LogP contribution in [0.25, 0.3) is 0 Å². The number of piperidine rings is 2. The lowest BCUT2D eigenvalue weighted by Gasteiger charge is -2.37. The van der Waals surface area contributed by atoms with Gasteiger partial charge >= 0.3 is 5.97 Å². The molecule has 3 saturated heterocycles. The van der Waals surface area contributed by atoms with Gasteiger partial charge in [-0.25, -0.2) is 0 Å². The van der Waals surface area contributed by atoms with Crippen molar-refractivity contribution in [2.45, 2.75) is 180 Å². The predicted octanol–water partition coefficient (Wildman–Crippen LogP) is 10.9. The number of carboxylic acid groups (broad SMARTS) is 1. The van der Waals surface area contributed by atoms with E-state index in [0.29, 0.717) is 10.8 Å². The molecular formula is C60H139N9O4. The van der Waals surface area contributed by atoms with Gasteiger partial charge in [-0.3, -0.25) is 4.79 Å². The fraction of sp³-hybridized carbons (Fsp3) is 0.950. The quantitative estimate of drug-likeness (QED) is 0.0792. The van der Waals surface area contributed by atoms with Crippen LogP contribution in [0.1, 0.15) is 174 Å². The number of nitrogens with zero attached hydrogens (tertiary/aromatic N) is 5. The molecule has 0 atom stereocenters. The van der Waals surface area contributed by atoms with E-state index < -0.39 is 5.97 Å². The van der Waals surface area contributed by atoms with Crippen molar-refractivity contribution in [2.75, 3.05) is 176 Å². The van der Waals surface area contributed by atoms with Gasteiger partial charge in [0.15, 0.2) is 0 Å². The predicted molar refractivity (Wildman–Crippen MR) is 329 cm³/mol. The van der Waals surface area contributed by atoms with Gasteiger partial charge in [-0.15, -0.1) is 6.58 Å². The van der Waals surface area contributed by atoms with Crippen LogP contribution in [0.5, 0.6) is 0 Å². The number of allylic oxidation sites excluding steroid dienone is 1. The summed E-state index contributed by atoms with van der Waals surface area (Å²) in [6, 6.07) is 0.884. The molecule has 0 spiro atoms. The van der Waals surface area contributed by atoms with E-state index in [1.165, 1.54) is 109 Å². The Hall–Kier alpha value is -1.23. The third-order valence-corrected chi connectivity index (χ3v) is 12.0. The van der Waals surface area contributed by atoms with Gasteiger partial charge in [-0.1, -0.05) is 121 Å². The first-order valence-electron chi connectivity index (χ1n) is 29.0. The molecule has 0 aromatic carbocycles. The van der Waals surface area contributed by atoms with Crippen LogP contribution in [-0.4, -0.2) is 218 Å². The highest BCUT2D eigenvalue weighted by Crippen LogP contribution is 2.33. The summed E-state index contributed by atoms with van der Waals surface area (Å²) in [5.41, 5.74) is 2.37. The van der Waals surface area contributed by atoms with Gasteiger partial charge in [-0.2, -0.15) is 0 Å². The Bertz CT molecular complexity index is 991. The molecule has 0 amide bonds. The summed E-state index contributed by atoms with van der Waals surface area (Å²) in [6.07, 6.45) is 16.2. The van der Waals surface area contributed by atoms with E-state index in [1.54, 1.807) is 14.2 Å². The molecule has 5 N–H and O–H groups in total. The first kappa shape index (κ1) is 85.7. The minimum atomic E-state index is -0.822. The molecule has 0 aromatic rings. The third kappa shape index (κ3) is 96.9. The van der Waals surface area contributed by atoms with E-state index in [9.17, 15) is 4.79 Å². The van der Waals surface area contributed by atoms with Gasteiger partial charge in [0.25, 0.3) is 0 Å². The van der Waals surface area contributed by atoms with Crippen LogP contribution in [0.4, 0.5) is 0 Å². The number of nitrogens with one attached hydrogen (secondary N) is 4. The van der Waals surface area contributed by atoms with E-state index >= 15 is 0 Å². The Kier molecular flexibility index (Phi) is 74.3. The van der Waals surface area contributed by atoms with E-state index in [2.05, 4.69) is 192 Å². The summed E-state index contributed by atoms with van der Waals surface area (Å²) in [5.74, 6) is 1.01. The highest BCUT2D eigenvalue weighted by atomic mass is 16.5. The number of likely N-dealkylation sites (N-methyl/N-ethyl adjacent to an activating group) is 5. The minimum absolute atomic E-state index is 0.0417. The van der Waals surface area contributed by atoms with Crippen molar-refractivity contribution in [3.8, 4) is 0 Å². The first-order chi connectivity index (χ1) is 34.1. The Balaban J connectivity index is -0.000000132. The van der Waals surface area contributed by atoms with Crippen LogP contribution in [0.2, 0.25) is 0 Å². The van der Waals surface area contributed by atoms with Gasteiger partial charge in [0.1, 0.15) is 0 Å². The van der Waals surface area contributed by atoms with Crippen LogP contribution >= 0.6 is 0 Å². The third-order valence-electron chi connectivity index (χ3n) is 12.0. The van der Waals surface area contributed by atoms with E-state index in [4.69, 9.17) is 14.6 Å². The largest absolute Gasteiger partial charge is 0.480 e. The number of carboxylic acids is 1. The number of rotatable bonds is 15. The molecule has 13 heteroatoms. The molecule has 73 heavy (non-hydrogen) atoms. The SMILES string of the molecule is C=C(C)CCC.CCC(C)C.CCCC(C)(C)C.CCN(C)CC.CN1CCC(C(C)(C)C)CC1.CN1CCCCC1.CN1CCOCC1.CNC1CC1.CNCC(=O)O.CNCCN(C)C.CNCCOC. The number of aliphatic carboxylic acids is 1. The fourth-order valence-electron chi connectivity index (χ4n) is 6.04. The summed E-state index contributed by atoms with van der Waals surface area (Å²) in [5, 5.41) is 19.5. The number of hydrogen-bond donors (Lipinski definition) is 5. The monoisotopic (exact) mass is 1050 g/mol. The highest BCUT2D eigenvalue weighted by molar-refractivity contribution is 5.68. The number of likely N-dealkylation sites (tertiary alicyclic amines) is 2. The maximum Gasteiger partial charge on any atom is 0.317 e. The average molecular weight is 1050 g/mol. The molecule has 4 fully saturated rings. The van der Waals surface area contributed by atoms with Crippen LogP contribution in [0, 0.1) is 22.7 Å². The average Bonchev–Trinajstić information content (AvgIpc) is 4.17. The minimum Gasteiger partial charge on any atom is -0.480 e. The van der Waals surface area contributed by atoms with Crippen molar-refractivity contribution < 1.29 is 19.4 Å². The van der Waals surface area contributed by atoms with Crippen molar-refractivity contribution in [3.05, 3.63) is 12.2 Å². The highest BCUT2D eigenvalue weighted by Gasteiger charge is 2.27. The molecule has 1 aliphatic carbocycles. The molecule has 0 bridgehead atoms. The van der Waals surface area contributed by atoms with Crippen molar-refractivity contribution in [1.82, 2.24) is 45.8 Å². The van der Waals surface area contributed by atoms with Gasteiger partial charge in [0.05, 0.1) is 26.4 Å². The molecule has 13 nitrogen and oxygen atoms in total. The molecular weight excluding hydrogens is 911 g/mol. The topological polar surface area (TPSA) is 120 Å². The van der Waals surface area contributed by atoms with Crippen molar-refractivity contribution in [1.29, 1.82) is 0 Å². The molecule has 4 aliphatic rings. The normalized spacial score (nSPS) is 15.8. The van der Waals surface area contributed by atoms with Gasteiger partial charge in [-0.05, 0) is 191 Å². The second-order valence-electron chi connectivity index (χ2n) is 23.0. The Morgan fingerprint density at radius 2 is 1.18 bits per heavy atom. The zero-order chi connectivity index (χ0) is 58.1. The summed E-state index contributed by atoms with van der Waals surface area (Å²) in [6.45, 7) is 50.6. The molecule has 0 radical (unpaired) electrons. The summed E-state index contributed by atoms with van der Waals surface area (Å²) in [4.78, 5) is 21.0. The van der Waals surface area contributed by atoms with Crippen molar-refractivity contribution in [2.24, 2.45) is 22.7 Å². The van der Waals surface area contributed by atoms with Gasteiger partial charge < -0.3 is 60.3 Å². The fourth-order valence-corrected chi connectivity index (χ4v) is 6.04. The molecule has 3 aliphatic heterocycles. The summed E-state index contributed by atoms with van der Waals surface area (Å²) < 4.78 is 9.82. The molecule has 3 heterocycles. The first-order valence-corrected chi connectivity index (χ1v) is 29.0. The van der Waals surface area contributed by atoms with Crippen LogP contribution in [0.15, 0.2) is 12.2 Å². The molecule has 0 unspecified atom stereocenters. The maximum absolute atomic E-state index is 9.54. The number of morpholine rings is 1. The summed E-state index contributed by atoms with van der Waals surface area (Å²) in [7, 11) is 21.9. The molecule has 0 aromatic heterocycles. The maximum atomic E-state index is 9.54. The Labute approximate surface area is 460 Å². The Morgan fingerprint density at radius 1 is 0.726 bits per heavy atom. The molecule has 4 rings (SSSR count). The van der Waals surface area contributed by atoms with Gasteiger partial charge in [0.2, 0.25) is 0 Å². The summed E-state index contributed by atoms with van der Waals surface area (Å²) >= 11 is 0. The smallest absolute Gasteiger partial charge is 0.317 e.